The molecule has 2 heterocycles. The number of hydrogen-bond acceptors (Lipinski definition) is 6. The zero-order valence-electron chi connectivity index (χ0n) is 20.4. The molecule has 4 N–H and O–H groups in total. The minimum atomic E-state index is -0.273. The molecule has 0 aromatic heterocycles. The number of hydrogen-bond donors (Lipinski definition) is 4. The van der Waals surface area contributed by atoms with Gasteiger partial charge in [-0.05, 0) is 72.6 Å². The molecule has 2 aliphatic rings. The van der Waals surface area contributed by atoms with Crippen LogP contribution in [-0.2, 0) is 0 Å². The Morgan fingerprint density at radius 1 is 0.594 bits per heavy atom. The largest absolute Gasteiger partial charge is 0.349 e. The number of rotatable bonds is 6. The van der Waals surface area contributed by atoms with Crippen LogP contribution in [0, 0.1) is 0 Å². The fourth-order valence-electron chi connectivity index (χ4n) is 3.76. The average molecular weight is 447 g/mol. The van der Waals surface area contributed by atoms with Crippen LogP contribution >= 0.6 is 0 Å². The third kappa shape index (κ3) is 4.83. The van der Waals surface area contributed by atoms with E-state index in [1.165, 1.54) is 0 Å². The third-order valence-corrected chi connectivity index (χ3v) is 5.54. The zero-order chi connectivity index (χ0) is 23.7. The van der Waals surface area contributed by atoms with Gasteiger partial charge in [-0.2, -0.15) is 0 Å². The van der Waals surface area contributed by atoms with Crippen LogP contribution in [-0.4, -0.2) is 56.3 Å². The standard InChI is InChI=1S/C22H38N8O2/c1-13(2)27-21(31)28(14(3)4)24-19(23-27)17-10-9-11-18(12-17)20-25-29(15(5)6)22(32)30(26-20)16(7)8/h9-16,19-20,23-26H,1-8H3. The first-order chi connectivity index (χ1) is 15.0. The van der Waals surface area contributed by atoms with Gasteiger partial charge in [0.05, 0.1) is 0 Å². The van der Waals surface area contributed by atoms with Gasteiger partial charge in [0, 0.05) is 24.2 Å². The fraction of sp³-hybridized carbons (Fsp3) is 0.636. The van der Waals surface area contributed by atoms with Gasteiger partial charge >= 0.3 is 12.1 Å². The highest BCUT2D eigenvalue weighted by molar-refractivity contribution is 5.75. The van der Waals surface area contributed by atoms with Crippen molar-refractivity contribution in [3.63, 3.8) is 0 Å². The molecule has 3 rings (SSSR count). The molecule has 178 valence electrons. The topological polar surface area (TPSA) is 95.2 Å². The summed E-state index contributed by atoms with van der Waals surface area (Å²) in [6.45, 7) is 15.9. The predicted octanol–water partition coefficient (Wildman–Crippen LogP) is 2.81. The maximum Gasteiger partial charge on any atom is 0.349 e. The van der Waals surface area contributed by atoms with Gasteiger partial charge in [-0.15, -0.1) is 0 Å². The zero-order valence-corrected chi connectivity index (χ0v) is 20.4. The van der Waals surface area contributed by atoms with Crippen molar-refractivity contribution in [2.24, 2.45) is 0 Å². The molecule has 10 heteroatoms. The Morgan fingerprint density at radius 2 is 0.875 bits per heavy atom. The first-order valence-electron chi connectivity index (χ1n) is 11.4. The van der Waals surface area contributed by atoms with Crippen molar-refractivity contribution in [1.82, 2.24) is 41.7 Å². The van der Waals surface area contributed by atoms with Gasteiger partial charge in [0.25, 0.3) is 0 Å². The molecule has 0 bridgehead atoms. The summed E-state index contributed by atoms with van der Waals surface area (Å²) in [5.41, 5.74) is 15.2. The van der Waals surface area contributed by atoms with Gasteiger partial charge in [0.2, 0.25) is 0 Å². The number of carbonyl (C=O) groups excluding carboxylic acids is 2. The van der Waals surface area contributed by atoms with E-state index in [2.05, 4.69) is 27.8 Å². The van der Waals surface area contributed by atoms with E-state index >= 15 is 0 Å². The lowest BCUT2D eigenvalue weighted by Crippen LogP contribution is -2.68. The van der Waals surface area contributed by atoms with E-state index in [0.29, 0.717) is 0 Å². The highest BCUT2D eigenvalue weighted by atomic mass is 16.2. The van der Waals surface area contributed by atoms with Crippen molar-refractivity contribution in [2.45, 2.75) is 91.9 Å². The molecular formula is C22H38N8O2. The molecule has 2 saturated heterocycles. The van der Waals surface area contributed by atoms with Gasteiger partial charge in [0.1, 0.15) is 12.3 Å². The Kier molecular flexibility index (Phi) is 7.29. The fourth-order valence-corrected chi connectivity index (χ4v) is 3.76. The van der Waals surface area contributed by atoms with Crippen LogP contribution in [0.4, 0.5) is 9.59 Å². The van der Waals surface area contributed by atoms with Crippen molar-refractivity contribution in [1.29, 1.82) is 0 Å². The Morgan fingerprint density at radius 3 is 1.12 bits per heavy atom. The Bertz CT molecular complexity index is 725. The molecule has 0 atom stereocenters. The van der Waals surface area contributed by atoms with Crippen molar-refractivity contribution in [3.05, 3.63) is 35.4 Å². The summed E-state index contributed by atoms with van der Waals surface area (Å²) in [7, 11) is 0. The number of nitrogens with one attached hydrogen (secondary N) is 4. The summed E-state index contributed by atoms with van der Waals surface area (Å²) in [6.07, 6.45) is -0.546. The summed E-state index contributed by atoms with van der Waals surface area (Å²) in [4.78, 5) is 25.6. The number of amides is 4. The lowest BCUT2D eigenvalue weighted by atomic mass is 10.1. The van der Waals surface area contributed by atoms with E-state index in [1.807, 2.05) is 73.6 Å². The summed E-state index contributed by atoms with van der Waals surface area (Å²) < 4.78 is 0. The van der Waals surface area contributed by atoms with Crippen LogP contribution in [0.1, 0.15) is 78.8 Å². The molecular weight excluding hydrogens is 408 g/mol. The molecule has 1 aromatic carbocycles. The summed E-state index contributed by atoms with van der Waals surface area (Å²) in [6, 6.07) is 7.93. The van der Waals surface area contributed by atoms with Gasteiger partial charge in [-0.3, -0.25) is 20.0 Å². The normalized spacial score (nSPS) is 19.5. The minimum absolute atomic E-state index is 0.00317. The lowest BCUT2D eigenvalue weighted by Gasteiger charge is -2.45. The Labute approximate surface area is 191 Å². The second kappa shape index (κ2) is 9.62. The minimum Gasteiger partial charge on any atom is -0.254 e. The lowest BCUT2D eigenvalue weighted by molar-refractivity contribution is 0.00219. The molecule has 2 aliphatic heterocycles. The molecule has 4 amide bonds. The number of carbonyl (C=O) groups is 2. The van der Waals surface area contributed by atoms with E-state index in [-0.39, 0.29) is 48.6 Å². The van der Waals surface area contributed by atoms with Crippen molar-refractivity contribution in [2.75, 3.05) is 0 Å². The van der Waals surface area contributed by atoms with Crippen molar-refractivity contribution < 1.29 is 9.59 Å². The van der Waals surface area contributed by atoms with Crippen molar-refractivity contribution >= 4 is 12.1 Å². The predicted molar refractivity (Wildman–Crippen MR) is 123 cm³/mol. The van der Waals surface area contributed by atoms with Crippen LogP contribution in [0.15, 0.2) is 24.3 Å². The summed E-state index contributed by atoms with van der Waals surface area (Å²) in [5.74, 6) is 0. The monoisotopic (exact) mass is 446 g/mol. The van der Waals surface area contributed by atoms with Crippen LogP contribution in [0.25, 0.3) is 0 Å². The van der Waals surface area contributed by atoms with Gasteiger partial charge < -0.3 is 0 Å². The molecule has 0 radical (unpaired) electrons. The third-order valence-electron chi connectivity index (χ3n) is 5.54. The SMILES string of the molecule is CC(C)N1NC(c2cccc(C3NN(C(C)C)C(=O)N(C(C)C)N3)c2)NN(C(C)C)C1=O. The highest BCUT2D eigenvalue weighted by Gasteiger charge is 2.37. The Hall–Kier alpha value is -2.40. The highest BCUT2D eigenvalue weighted by Crippen LogP contribution is 2.24. The number of benzene rings is 1. The van der Waals surface area contributed by atoms with E-state index in [4.69, 9.17) is 0 Å². The second-order valence-electron chi connectivity index (χ2n) is 9.47. The summed E-state index contributed by atoms with van der Waals surface area (Å²) in [5, 5.41) is 6.63. The van der Waals surface area contributed by atoms with Gasteiger partial charge in [-0.1, -0.05) is 18.2 Å². The molecule has 0 spiro atoms. The number of nitrogens with zero attached hydrogens (tertiary/aromatic N) is 4. The van der Waals surface area contributed by atoms with Crippen LogP contribution < -0.4 is 21.7 Å². The molecule has 2 fully saturated rings. The van der Waals surface area contributed by atoms with E-state index in [1.54, 1.807) is 20.0 Å². The second-order valence-corrected chi connectivity index (χ2v) is 9.47. The molecule has 32 heavy (non-hydrogen) atoms. The van der Waals surface area contributed by atoms with Crippen LogP contribution in [0.2, 0.25) is 0 Å². The summed E-state index contributed by atoms with van der Waals surface area (Å²) >= 11 is 0. The van der Waals surface area contributed by atoms with Gasteiger partial charge in [0.15, 0.2) is 0 Å². The van der Waals surface area contributed by atoms with Crippen LogP contribution in [0.3, 0.4) is 0 Å². The first-order valence-corrected chi connectivity index (χ1v) is 11.4. The average Bonchev–Trinajstić information content (AvgIpc) is 2.73. The smallest absolute Gasteiger partial charge is 0.254 e. The van der Waals surface area contributed by atoms with Gasteiger partial charge in [-0.25, -0.2) is 31.3 Å². The Balaban J connectivity index is 1.88. The van der Waals surface area contributed by atoms with Crippen LogP contribution in [0.5, 0.6) is 0 Å². The van der Waals surface area contributed by atoms with E-state index in [9.17, 15) is 9.59 Å². The quantitative estimate of drug-likeness (QED) is 0.537. The maximum absolute atomic E-state index is 12.8. The molecule has 0 unspecified atom stereocenters. The molecule has 10 nitrogen and oxygen atoms in total. The number of hydrazine groups is 4. The molecule has 0 aliphatic carbocycles. The van der Waals surface area contributed by atoms with Crippen molar-refractivity contribution in [3.8, 4) is 0 Å². The van der Waals surface area contributed by atoms with E-state index in [0.717, 1.165) is 11.1 Å². The van der Waals surface area contributed by atoms with E-state index < -0.39 is 0 Å². The number of urea groups is 2. The maximum atomic E-state index is 12.8. The molecule has 0 saturated carbocycles. The first kappa shape index (κ1) is 24.2. The molecule has 1 aromatic rings.